The van der Waals surface area contributed by atoms with Crippen LogP contribution in [0.5, 0.6) is 5.75 Å². The highest BCUT2D eigenvalue weighted by molar-refractivity contribution is 7.21. The summed E-state index contributed by atoms with van der Waals surface area (Å²) in [6, 6.07) is 20.3. The number of hydrogen-bond acceptors (Lipinski definition) is 7. The Morgan fingerprint density at radius 3 is 2.52 bits per heavy atom. The van der Waals surface area contributed by atoms with Crippen molar-refractivity contribution >= 4 is 32.6 Å². The smallest absolute Gasteiger partial charge is 0.281 e. The summed E-state index contributed by atoms with van der Waals surface area (Å²) in [6.45, 7) is 0.787. The first-order chi connectivity index (χ1) is 20.4. The Bertz CT molecular complexity index is 1810. The first-order valence-corrected chi connectivity index (χ1v) is 14.6. The van der Waals surface area contributed by atoms with Gasteiger partial charge in [0.05, 0.1) is 19.7 Å². The third-order valence-electron chi connectivity index (χ3n) is 7.56. The van der Waals surface area contributed by atoms with Crippen LogP contribution in [0.4, 0.5) is 13.9 Å². The number of hydrogen-bond donors (Lipinski definition) is 0. The molecule has 1 aliphatic heterocycles. The van der Waals surface area contributed by atoms with Gasteiger partial charge in [0, 0.05) is 18.5 Å². The fraction of sp³-hybridized carbons (Fsp3) is 0.250. The van der Waals surface area contributed by atoms with Gasteiger partial charge in [0.1, 0.15) is 11.6 Å². The number of fused-ring (bicyclic) bond motifs is 1. The van der Waals surface area contributed by atoms with Crippen LogP contribution in [0, 0.1) is 11.6 Å². The normalized spacial score (nSPS) is 14.9. The summed E-state index contributed by atoms with van der Waals surface area (Å²) in [7, 11) is 1.57. The molecule has 0 aliphatic carbocycles. The van der Waals surface area contributed by atoms with Gasteiger partial charge in [0.2, 0.25) is 0 Å². The lowest BCUT2D eigenvalue weighted by Crippen LogP contribution is -2.36. The maximum absolute atomic E-state index is 14.3. The van der Waals surface area contributed by atoms with E-state index in [2.05, 4.69) is 4.98 Å². The van der Waals surface area contributed by atoms with Crippen LogP contribution < -0.4 is 15.2 Å². The van der Waals surface area contributed by atoms with Gasteiger partial charge in [-0.25, -0.2) is 18.7 Å². The van der Waals surface area contributed by atoms with Crippen LogP contribution in [0.25, 0.3) is 21.7 Å². The molecule has 0 N–H and O–H groups in total. The van der Waals surface area contributed by atoms with Gasteiger partial charge in [-0.1, -0.05) is 53.8 Å². The van der Waals surface area contributed by atoms with Gasteiger partial charge in [0.15, 0.2) is 32.9 Å². The summed E-state index contributed by atoms with van der Waals surface area (Å²) in [4.78, 5) is 38.9. The monoisotopic (exact) mass is 586 g/mol. The standard InChI is InChI=1S/C32H28F2N4O3S/c1-41-23-13-9-21(10-14-23)19-38-29(22-12-15-24(33)25(34)18-22)36-30-28(31(38)40)35-32(42-30)37-17-5-8-26(37)27(39)16-11-20-6-3-2-4-7-20/h2-4,6-7,9-10,12-15,18,26H,5,8,11,16-17,19H2,1H3/t26-/m1/s1. The highest BCUT2D eigenvalue weighted by atomic mass is 32.1. The predicted molar refractivity (Wildman–Crippen MR) is 159 cm³/mol. The fourth-order valence-electron chi connectivity index (χ4n) is 5.34. The zero-order chi connectivity index (χ0) is 29.2. The lowest BCUT2D eigenvalue weighted by Gasteiger charge is -2.22. The Hall–Kier alpha value is -4.44. The van der Waals surface area contributed by atoms with Crippen molar-refractivity contribution in [2.75, 3.05) is 18.6 Å². The largest absolute Gasteiger partial charge is 0.497 e. The van der Waals surface area contributed by atoms with Gasteiger partial charge in [0.25, 0.3) is 5.56 Å². The Morgan fingerprint density at radius 2 is 1.79 bits per heavy atom. The van der Waals surface area contributed by atoms with Crippen molar-refractivity contribution in [3.8, 4) is 17.1 Å². The summed E-state index contributed by atoms with van der Waals surface area (Å²) in [6.07, 6.45) is 2.65. The highest BCUT2D eigenvalue weighted by Crippen LogP contribution is 2.34. The minimum Gasteiger partial charge on any atom is -0.497 e. The molecule has 1 aliphatic rings. The number of methoxy groups -OCH3 is 1. The van der Waals surface area contributed by atoms with Crippen molar-refractivity contribution < 1.29 is 18.3 Å². The molecule has 0 spiro atoms. The molecule has 0 saturated carbocycles. The maximum Gasteiger partial charge on any atom is 0.281 e. The molecule has 0 unspecified atom stereocenters. The molecule has 0 bridgehead atoms. The van der Waals surface area contributed by atoms with Gasteiger partial charge in [-0.3, -0.25) is 14.2 Å². The predicted octanol–water partition coefficient (Wildman–Crippen LogP) is 6.03. The lowest BCUT2D eigenvalue weighted by atomic mass is 10.0. The molecule has 10 heteroatoms. The van der Waals surface area contributed by atoms with Crippen molar-refractivity contribution in [3.63, 3.8) is 0 Å². The van der Waals surface area contributed by atoms with E-state index in [4.69, 9.17) is 9.72 Å². The maximum atomic E-state index is 14.3. The van der Waals surface area contributed by atoms with E-state index < -0.39 is 17.2 Å². The number of nitrogens with zero attached hydrogens (tertiary/aromatic N) is 4. The van der Waals surface area contributed by atoms with Crippen LogP contribution in [0.2, 0.25) is 0 Å². The average molecular weight is 587 g/mol. The number of Topliss-reactive ketones (excluding diaryl/α,β-unsaturated/α-hetero) is 1. The SMILES string of the molecule is COc1ccc(Cn2c(-c3ccc(F)c(F)c3)nc3sc(N4CCC[C@@H]4C(=O)CCc4ccccc4)nc3c2=O)cc1. The van der Waals surface area contributed by atoms with Gasteiger partial charge in [-0.05, 0) is 60.7 Å². The van der Waals surface area contributed by atoms with Crippen molar-refractivity contribution in [1.82, 2.24) is 14.5 Å². The molecular formula is C32H28F2N4O3S. The third-order valence-corrected chi connectivity index (χ3v) is 8.55. The van der Waals surface area contributed by atoms with Gasteiger partial charge in [-0.15, -0.1) is 0 Å². The molecule has 1 fully saturated rings. The van der Waals surface area contributed by atoms with Crippen LogP contribution in [0.3, 0.4) is 0 Å². The molecule has 7 nitrogen and oxygen atoms in total. The Balaban J connectivity index is 1.37. The molecule has 1 saturated heterocycles. The molecule has 214 valence electrons. The number of carbonyl (C=O) groups excluding carboxylic acids is 1. The lowest BCUT2D eigenvalue weighted by molar-refractivity contribution is -0.120. The number of benzene rings is 3. The molecule has 42 heavy (non-hydrogen) atoms. The summed E-state index contributed by atoms with van der Waals surface area (Å²) in [5.74, 6) is -1.00. The second-order valence-corrected chi connectivity index (χ2v) is 11.2. The average Bonchev–Trinajstić information content (AvgIpc) is 3.67. The van der Waals surface area contributed by atoms with Crippen molar-refractivity contribution in [3.05, 3.63) is 106 Å². The first kappa shape index (κ1) is 27.7. The van der Waals surface area contributed by atoms with Crippen molar-refractivity contribution in [1.29, 1.82) is 0 Å². The minimum atomic E-state index is -1.03. The molecule has 2 aromatic heterocycles. The quantitative estimate of drug-likeness (QED) is 0.210. The number of rotatable bonds is 9. The second kappa shape index (κ2) is 11.8. The van der Waals surface area contributed by atoms with E-state index in [1.54, 1.807) is 19.2 Å². The number of thiazole rings is 1. The van der Waals surface area contributed by atoms with Crippen LogP contribution >= 0.6 is 11.3 Å². The van der Waals surface area contributed by atoms with Gasteiger partial charge in [-0.2, -0.15) is 0 Å². The molecule has 1 atom stereocenters. The van der Waals surface area contributed by atoms with E-state index in [1.807, 2.05) is 47.4 Å². The third kappa shape index (κ3) is 5.54. The van der Waals surface area contributed by atoms with E-state index in [1.165, 1.54) is 22.0 Å². The summed E-state index contributed by atoms with van der Waals surface area (Å²) in [5.41, 5.74) is 1.96. The van der Waals surface area contributed by atoms with Crippen LogP contribution in [0.15, 0.2) is 77.6 Å². The Kier molecular flexibility index (Phi) is 7.80. The number of anilines is 1. The molecule has 3 heterocycles. The van der Waals surface area contributed by atoms with Gasteiger partial charge < -0.3 is 9.64 Å². The zero-order valence-corrected chi connectivity index (χ0v) is 23.7. The van der Waals surface area contributed by atoms with E-state index in [0.29, 0.717) is 35.1 Å². The molecule has 0 radical (unpaired) electrons. The molecule has 6 rings (SSSR count). The Morgan fingerprint density at radius 1 is 1.00 bits per heavy atom. The number of aromatic nitrogens is 3. The van der Waals surface area contributed by atoms with E-state index >= 15 is 0 Å². The van der Waals surface area contributed by atoms with Crippen LogP contribution in [0.1, 0.15) is 30.4 Å². The number of halogens is 2. The fourth-order valence-corrected chi connectivity index (χ4v) is 6.35. The van der Waals surface area contributed by atoms with Crippen molar-refractivity contribution in [2.24, 2.45) is 0 Å². The zero-order valence-electron chi connectivity index (χ0n) is 22.9. The molecule has 3 aromatic carbocycles. The Labute approximate surface area is 245 Å². The molecule has 0 amide bonds. The first-order valence-electron chi connectivity index (χ1n) is 13.7. The van der Waals surface area contributed by atoms with E-state index in [0.717, 1.165) is 36.1 Å². The number of ether oxygens (including phenoxy) is 1. The number of ketones is 1. The van der Waals surface area contributed by atoms with Crippen LogP contribution in [-0.2, 0) is 17.8 Å². The number of aryl methyl sites for hydroxylation is 1. The van der Waals surface area contributed by atoms with Crippen molar-refractivity contribution in [2.45, 2.75) is 38.3 Å². The van der Waals surface area contributed by atoms with E-state index in [-0.39, 0.29) is 35.3 Å². The minimum absolute atomic E-state index is 0.136. The second-order valence-electron chi connectivity index (χ2n) is 10.3. The highest BCUT2D eigenvalue weighted by Gasteiger charge is 2.33. The molecular weight excluding hydrogens is 558 g/mol. The van der Waals surface area contributed by atoms with Crippen LogP contribution in [-0.4, -0.2) is 40.0 Å². The number of carbonyl (C=O) groups is 1. The van der Waals surface area contributed by atoms with E-state index in [9.17, 15) is 18.4 Å². The topological polar surface area (TPSA) is 77.3 Å². The molecule has 5 aromatic rings. The van der Waals surface area contributed by atoms with Gasteiger partial charge >= 0.3 is 0 Å². The summed E-state index contributed by atoms with van der Waals surface area (Å²) < 4.78 is 34.7. The summed E-state index contributed by atoms with van der Waals surface area (Å²) in [5, 5.41) is 0.559. The summed E-state index contributed by atoms with van der Waals surface area (Å²) >= 11 is 1.23.